The van der Waals surface area contributed by atoms with Crippen molar-refractivity contribution < 1.29 is 28.6 Å². The van der Waals surface area contributed by atoms with E-state index in [-0.39, 0.29) is 34.4 Å². The maximum atomic E-state index is 14.8. The van der Waals surface area contributed by atoms with E-state index in [1.54, 1.807) is 0 Å². The number of nitrogens with two attached hydrogens (primary N) is 1. The molecule has 2 amide bonds. The molecule has 11 nitrogen and oxygen atoms in total. The zero-order valence-electron chi connectivity index (χ0n) is 18.1. The number of aromatic nitrogens is 2. The van der Waals surface area contributed by atoms with E-state index in [2.05, 4.69) is 25.9 Å². The lowest BCUT2D eigenvalue weighted by molar-refractivity contribution is 0.0995. The Morgan fingerprint density at radius 3 is 2.45 bits per heavy atom. The first kappa shape index (κ1) is 23.7. The van der Waals surface area contributed by atoms with Crippen molar-refractivity contribution in [3.63, 3.8) is 0 Å². The number of ketones is 1. The second kappa shape index (κ2) is 10.1. The summed E-state index contributed by atoms with van der Waals surface area (Å²) in [5.74, 6) is -2.10. The number of hydrogen-bond donors (Lipinski definition) is 5. The van der Waals surface area contributed by atoms with Crippen LogP contribution in [-0.4, -0.2) is 52.1 Å². The van der Waals surface area contributed by atoms with Crippen LogP contribution in [0.3, 0.4) is 0 Å². The van der Waals surface area contributed by atoms with Gasteiger partial charge in [-0.3, -0.25) is 9.59 Å². The molecule has 0 bridgehead atoms. The van der Waals surface area contributed by atoms with Crippen LogP contribution in [0.1, 0.15) is 53.3 Å². The number of anilines is 3. The van der Waals surface area contributed by atoms with Gasteiger partial charge in [0.1, 0.15) is 5.82 Å². The molecule has 6 N–H and O–H groups in total. The third kappa shape index (κ3) is 5.64. The average molecular weight is 460 g/mol. The van der Waals surface area contributed by atoms with Gasteiger partial charge in [0.15, 0.2) is 17.4 Å². The summed E-state index contributed by atoms with van der Waals surface area (Å²) in [4.78, 5) is 43.1. The molecule has 0 aliphatic heterocycles. The topological polar surface area (TPSA) is 169 Å². The molecule has 3 rings (SSSR count). The molecule has 1 saturated carbocycles. The van der Waals surface area contributed by atoms with Gasteiger partial charge in [-0.1, -0.05) is 12.8 Å². The quantitative estimate of drug-likeness (QED) is 0.372. The van der Waals surface area contributed by atoms with Gasteiger partial charge in [0.05, 0.1) is 36.2 Å². The Balaban J connectivity index is 1.94. The number of amides is 2. The van der Waals surface area contributed by atoms with E-state index in [1.807, 2.05) is 0 Å². The van der Waals surface area contributed by atoms with Crippen LogP contribution in [0.5, 0.6) is 5.88 Å². The first-order chi connectivity index (χ1) is 15.7. The van der Waals surface area contributed by atoms with E-state index >= 15 is 0 Å². The Morgan fingerprint density at radius 2 is 1.85 bits per heavy atom. The molecule has 2 heterocycles. The van der Waals surface area contributed by atoms with Crippen molar-refractivity contribution in [2.75, 3.05) is 17.7 Å². The molecule has 2 aromatic rings. The minimum absolute atomic E-state index is 0.0496. The predicted octanol–water partition coefficient (Wildman–Crippen LogP) is 2.66. The number of carboxylic acid groups (broad SMARTS) is 1. The molecule has 1 aliphatic carbocycles. The zero-order valence-corrected chi connectivity index (χ0v) is 18.1. The normalized spacial score (nSPS) is 17.7. The standard InChI is InChI=1S/C21H25FN6O5/c1-10(29)12-7-11(9-24-20(12)33-2)25-18-13(17(23)30)8-14(22)19(28-18)26-15-5-3-4-6-16(15)27-21(31)32/h7-9,15-16,27H,3-6H2,1-2H3,(H2,23,30)(H,31,32)(H2,25,26,28)/t15-,16+/m1/s1. The molecule has 176 valence electrons. The van der Waals surface area contributed by atoms with Crippen molar-refractivity contribution in [1.29, 1.82) is 0 Å². The number of carbonyl (C=O) groups excluding carboxylic acids is 2. The van der Waals surface area contributed by atoms with Crippen molar-refractivity contribution in [2.24, 2.45) is 5.73 Å². The number of Topliss-reactive ketones (excluding diaryl/α,β-unsaturated/α-hetero) is 1. The summed E-state index contributed by atoms with van der Waals surface area (Å²) in [6.45, 7) is 1.35. The highest BCUT2D eigenvalue weighted by atomic mass is 19.1. The third-order valence-electron chi connectivity index (χ3n) is 5.32. The van der Waals surface area contributed by atoms with Crippen LogP contribution in [0.25, 0.3) is 0 Å². The summed E-state index contributed by atoms with van der Waals surface area (Å²) in [6.07, 6.45) is 3.09. The number of primary amides is 1. The largest absolute Gasteiger partial charge is 0.480 e. The lowest BCUT2D eigenvalue weighted by atomic mass is 9.90. The molecule has 1 fully saturated rings. The van der Waals surface area contributed by atoms with E-state index < -0.39 is 29.9 Å². The van der Waals surface area contributed by atoms with Crippen LogP contribution in [0.2, 0.25) is 0 Å². The summed E-state index contributed by atoms with van der Waals surface area (Å²) in [5.41, 5.74) is 5.70. The van der Waals surface area contributed by atoms with Crippen LogP contribution in [-0.2, 0) is 0 Å². The van der Waals surface area contributed by atoms with Gasteiger partial charge in [0, 0.05) is 6.04 Å². The van der Waals surface area contributed by atoms with Gasteiger partial charge in [0.2, 0.25) is 5.88 Å². The number of halogens is 1. The summed E-state index contributed by atoms with van der Waals surface area (Å²) < 4.78 is 19.8. The third-order valence-corrected chi connectivity index (χ3v) is 5.32. The first-order valence-corrected chi connectivity index (χ1v) is 10.3. The second-order valence-electron chi connectivity index (χ2n) is 7.63. The van der Waals surface area contributed by atoms with Crippen molar-refractivity contribution in [3.8, 4) is 5.88 Å². The minimum Gasteiger partial charge on any atom is -0.480 e. The van der Waals surface area contributed by atoms with Gasteiger partial charge < -0.3 is 31.5 Å². The fourth-order valence-corrected chi connectivity index (χ4v) is 3.76. The van der Waals surface area contributed by atoms with E-state index in [4.69, 9.17) is 15.6 Å². The number of nitrogens with zero attached hydrogens (tertiary/aromatic N) is 2. The van der Waals surface area contributed by atoms with E-state index in [9.17, 15) is 18.8 Å². The molecule has 0 aromatic carbocycles. The molecule has 12 heteroatoms. The molecule has 0 radical (unpaired) electrons. The molecular formula is C21H25FN6O5. The Hall–Kier alpha value is -3.96. The number of pyridine rings is 2. The number of carbonyl (C=O) groups is 3. The fourth-order valence-electron chi connectivity index (χ4n) is 3.76. The van der Waals surface area contributed by atoms with Gasteiger partial charge in [-0.2, -0.15) is 0 Å². The molecule has 0 spiro atoms. The molecule has 33 heavy (non-hydrogen) atoms. The molecular weight excluding hydrogens is 435 g/mol. The lowest BCUT2D eigenvalue weighted by Crippen LogP contribution is -2.48. The van der Waals surface area contributed by atoms with Crippen molar-refractivity contribution in [1.82, 2.24) is 15.3 Å². The number of nitrogens with one attached hydrogen (secondary N) is 3. The Bertz CT molecular complexity index is 1080. The van der Waals surface area contributed by atoms with Crippen molar-refractivity contribution in [3.05, 3.63) is 35.3 Å². The molecule has 2 aromatic heterocycles. The predicted molar refractivity (Wildman–Crippen MR) is 118 cm³/mol. The smallest absolute Gasteiger partial charge is 0.404 e. The van der Waals surface area contributed by atoms with Gasteiger partial charge in [-0.05, 0) is 31.9 Å². The number of methoxy groups -OCH3 is 1. The maximum absolute atomic E-state index is 14.8. The highest BCUT2D eigenvalue weighted by Gasteiger charge is 2.28. The highest BCUT2D eigenvalue weighted by molar-refractivity contribution is 5.99. The van der Waals surface area contributed by atoms with Gasteiger partial charge in [0.25, 0.3) is 5.91 Å². The van der Waals surface area contributed by atoms with Crippen LogP contribution in [0.15, 0.2) is 18.3 Å². The van der Waals surface area contributed by atoms with E-state index in [0.29, 0.717) is 18.5 Å². The number of rotatable bonds is 8. The first-order valence-electron chi connectivity index (χ1n) is 10.3. The summed E-state index contributed by atoms with van der Waals surface area (Å²) in [5, 5.41) is 17.3. The Kier molecular flexibility index (Phi) is 7.26. The number of ether oxygens (including phenoxy) is 1. The van der Waals surface area contributed by atoms with Crippen LogP contribution in [0.4, 0.5) is 26.5 Å². The van der Waals surface area contributed by atoms with Crippen LogP contribution < -0.4 is 26.4 Å². The molecule has 1 aliphatic rings. The molecule has 0 unspecified atom stereocenters. The SMILES string of the molecule is COc1ncc(Nc2nc(N[C@@H]3CCCC[C@@H]3NC(=O)O)c(F)cc2C(N)=O)cc1C(C)=O. The average Bonchev–Trinajstić information content (AvgIpc) is 2.76. The Morgan fingerprint density at radius 1 is 1.15 bits per heavy atom. The lowest BCUT2D eigenvalue weighted by Gasteiger charge is -2.32. The van der Waals surface area contributed by atoms with Gasteiger partial charge in [-0.15, -0.1) is 0 Å². The summed E-state index contributed by atoms with van der Waals surface area (Å²) in [6, 6.07) is 1.60. The second-order valence-corrected chi connectivity index (χ2v) is 7.63. The van der Waals surface area contributed by atoms with Crippen molar-refractivity contribution >= 4 is 35.1 Å². The maximum Gasteiger partial charge on any atom is 0.404 e. The van der Waals surface area contributed by atoms with Gasteiger partial charge >= 0.3 is 6.09 Å². The fraction of sp³-hybridized carbons (Fsp3) is 0.381. The monoisotopic (exact) mass is 460 g/mol. The summed E-state index contributed by atoms with van der Waals surface area (Å²) in [7, 11) is 1.38. The highest BCUT2D eigenvalue weighted by Crippen LogP contribution is 2.28. The van der Waals surface area contributed by atoms with E-state index in [0.717, 1.165) is 18.9 Å². The minimum atomic E-state index is -1.16. The van der Waals surface area contributed by atoms with Crippen molar-refractivity contribution in [2.45, 2.75) is 44.7 Å². The van der Waals surface area contributed by atoms with Crippen LogP contribution >= 0.6 is 0 Å². The Labute approximate surface area is 188 Å². The summed E-state index contributed by atoms with van der Waals surface area (Å²) >= 11 is 0. The molecule has 2 atom stereocenters. The zero-order chi connectivity index (χ0) is 24.1. The van der Waals surface area contributed by atoms with Gasteiger partial charge in [-0.25, -0.2) is 19.2 Å². The number of hydrogen-bond acceptors (Lipinski definition) is 8. The van der Waals surface area contributed by atoms with Crippen LogP contribution in [0, 0.1) is 5.82 Å². The molecule has 0 saturated heterocycles. The van der Waals surface area contributed by atoms with E-state index in [1.165, 1.54) is 26.3 Å².